The fourth-order valence-corrected chi connectivity index (χ4v) is 4.93. The first-order chi connectivity index (χ1) is 9.91. The molecule has 0 radical (unpaired) electrons. The molecule has 1 fully saturated rings. The van der Waals surface area contributed by atoms with Gasteiger partial charge in [0.1, 0.15) is 0 Å². The van der Waals surface area contributed by atoms with Crippen molar-refractivity contribution in [3.63, 3.8) is 0 Å². The van der Waals surface area contributed by atoms with Crippen LogP contribution in [0.15, 0.2) is 29.2 Å². The van der Waals surface area contributed by atoms with Gasteiger partial charge in [-0.15, -0.1) is 0 Å². The van der Waals surface area contributed by atoms with Gasteiger partial charge in [0.2, 0.25) is 0 Å². The summed E-state index contributed by atoms with van der Waals surface area (Å²) in [7, 11) is -3.32. The van der Waals surface area contributed by atoms with Gasteiger partial charge < -0.3 is 10.4 Å². The molecule has 0 aromatic heterocycles. The highest BCUT2D eigenvalue weighted by atomic mass is 32.2. The average molecular weight is 311 g/mol. The lowest BCUT2D eigenvalue weighted by Crippen LogP contribution is -2.48. The first kappa shape index (κ1) is 16.5. The molecule has 1 aromatic carbocycles. The number of hydrogen-bond donors (Lipinski definition) is 2. The first-order valence-electron chi connectivity index (χ1n) is 7.63. The van der Waals surface area contributed by atoms with Crippen LogP contribution in [0, 0.1) is 6.92 Å². The number of sulfone groups is 1. The van der Waals surface area contributed by atoms with Crippen LogP contribution in [-0.2, 0) is 9.84 Å². The minimum atomic E-state index is -3.32. The van der Waals surface area contributed by atoms with Crippen LogP contribution < -0.4 is 5.32 Å². The van der Waals surface area contributed by atoms with Crippen molar-refractivity contribution in [3.8, 4) is 0 Å². The third-order valence-electron chi connectivity index (χ3n) is 4.13. The zero-order valence-corrected chi connectivity index (χ0v) is 13.6. The highest BCUT2D eigenvalue weighted by Crippen LogP contribution is 2.29. The minimum Gasteiger partial charge on any atom is -0.392 e. The molecule has 0 heterocycles. The van der Waals surface area contributed by atoms with Gasteiger partial charge in [0.25, 0.3) is 0 Å². The van der Waals surface area contributed by atoms with Crippen molar-refractivity contribution in [2.45, 2.75) is 61.8 Å². The fourth-order valence-electron chi connectivity index (χ4n) is 2.93. The van der Waals surface area contributed by atoms with E-state index < -0.39 is 21.2 Å². The number of aryl methyl sites for hydroxylation is 1. The van der Waals surface area contributed by atoms with Gasteiger partial charge in [-0.1, -0.05) is 30.5 Å². The van der Waals surface area contributed by atoms with Crippen LogP contribution in [0.25, 0.3) is 0 Å². The van der Waals surface area contributed by atoms with E-state index in [1.54, 1.807) is 19.1 Å². The van der Waals surface area contributed by atoms with Crippen molar-refractivity contribution in [1.29, 1.82) is 0 Å². The van der Waals surface area contributed by atoms with E-state index in [-0.39, 0.29) is 6.04 Å². The summed E-state index contributed by atoms with van der Waals surface area (Å²) in [4.78, 5) is 0.406. The number of aliphatic hydroxyl groups excluding tert-OH is 1. The lowest BCUT2D eigenvalue weighted by Gasteiger charge is -2.32. The molecule has 2 N–H and O–H groups in total. The second kappa shape index (κ2) is 6.90. The second-order valence-corrected chi connectivity index (χ2v) is 8.21. The molecule has 0 unspecified atom stereocenters. The summed E-state index contributed by atoms with van der Waals surface area (Å²) in [6, 6.07) is 7.01. The van der Waals surface area contributed by atoms with E-state index in [0.29, 0.717) is 17.9 Å². The Morgan fingerprint density at radius 1 is 1.24 bits per heavy atom. The van der Waals surface area contributed by atoms with Gasteiger partial charge >= 0.3 is 0 Å². The molecule has 1 aliphatic carbocycles. The molecule has 4 nitrogen and oxygen atoms in total. The van der Waals surface area contributed by atoms with E-state index in [0.717, 1.165) is 24.8 Å². The molecule has 1 saturated carbocycles. The first-order valence-corrected chi connectivity index (χ1v) is 9.18. The molecule has 2 rings (SSSR count). The summed E-state index contributed by atoms with van der Waals surface area (Å²) >= 11 is 0. The Morgan fingerprint density at radius 2 is 1.86 bits per heavy atom. The predicted molar refractivity (Wildman–Crippen MR) is 84.1 cm³/mol. The molecular weight excluding hydrogens is 286 g/mol. The van der Waals surface area contributed by atoms with Crippen molar-refractivity contribution in [2.24, 2.45) is 0 Å². The zero-order chi connectivity index (χ0) is 15.5. The standard InChI is InChI=1S/C16H25NO3S/c1-12-7-9-14(10-8-12)21(19,20)16-6-4-3-5-15(16)17-11-13(2)18/h7-10,13,15-18H,3-6,11H2,1-2H3/t13-,15+,16-/m0/s1. The molecule has 0 amide bonds. The number of benzene rings is 1. The summed E-state index contributed by atoms with van der Waals surface area (Å²) in [6.07, 6.45) is 3.06. The summed E-state index contributed by atoms with van der Waals surface area (Å²) in [5.41, 5.74) is 1.06. The molecular formula is C16H25NO3S. The predicted octanol–water partition coefficient (Wildman–Crippen LogP) is 2.05. The van der Waals surface area contributed by atoms with E-state index >= 15 is 0 Å². The van der Waals surface area contributed by atoms with Crippen LogP contribution in [-0.4, -0.2) is 37.5 Å². The lowest BCUT2D eigenvalue weighted by molar-refractivity contribution is 0.181. The summed E-state index contributed by atoms with van der Waals surface area (Å²) in [5.74, 6) is 0. The minimum absolute atomic E-state index is 0.0698. The molecule has 5 heteroatoms. The maximum Gasteiger partial charge on any atom is 0.182 e. The molecule has 1 aliphatic rings. The monoisotopic (exact) mass is 311 g/mol. The third-order valence-corrected chi connectivity index (χ3v) is 6.42. The van der Waals surface area contributed by atoms with E-state index in [4.69, 9.17) is 0 Å². The Kier molecular flexibility index (Phi) is 5.41. The maximum atomic E-state index is 12.9. The molecule has 3 atom stereocenters. The van der Waals surface area contributed by atoms with Gasteiger partial charge in [-0.3, -0.25) is 0 Å². The molecule has 0 saturated heterocycles. The molecule has 21 heavy (non-hydrogen) atoms. The molecule has 118 valence electrons. The second-order valence-electron chi connectivity index (χ2n) is 6.04. The highest BCUT2D eigenvalue weighted by molar-refractivity contribution is 7.92. The van der Waals surface area contributed by atoms with Gasteiger partial charge in [-0.2, -0.15) is 0 Å². The van der Waals surface area contributed by atoms with Crippen LogP contribution in [0.1, 0.15) is 38.2 Å². The number of hydrogen-bond acceptors (Lipinski definition) is 4. The normalized spacial score (nSPS) is 24.7. The Labute approximate surface area is 127 Å². The van der Waals surface area contributed by atoms with Crippen molar-refractivity contribution in [3.05, 3.63) is 29.8 Å². The largest absolute Gasteiger partial charge is 0.392 e. The van der Waals surface area contributed by atoms with Crippen molar-refractivity contribution >= 4 is 9.84 Å². The van der Waals surface area contributed by atoms with Crippen molar-refractivity contribution < 1.29 is 13.5 Å². The Bertz CT molecular complexity index is 551. The van der Waals surface area contributed by atoms with E-state index in [1.807, 2.05) is 19.1 Å². The average Bonchev–Trinajstić information content (AvgIpc) is 2.46. The quantitative estimate of drug-likeness (QED) is 0.873. The highest BCUT2D eigenvalue weighted by Gasteiger charge is 2.36. The van der Waals surface area contributed by atoms with Crippen LogP contribution >= 0.6 is 0 Å². The van der Waals surface area contributed by atoms with E-state index in [2.05, 4.69) is 5.32 Å². The topological polar surface area (TPSA) is 66.4 Å². The van der Waals surface area contributed by atoms with Gasteiger partial charge in [0.05, 0.1) is 16.2 Å². The number of nitrogens with one attached hydrogen (secondary N) is 1. The van der Waals surface area contributed by atoms with Crippen LogP contribution in [0.3, 0.4) is 0 Å². The van der Waals surface area contributed by atoms with Gasteiger partial charge in [0.15, 0.2) is 9.84 Å². The number of rotatable bonds is 5. The van der Waals surface area contributed by atoms with Gasteiger partial charge in [-0.05, 0) is 38.8 Å². The molecule has 0 bridgehead atoms. The summed E-state index contributed by atoms with van der Waals surface area (Å²) in [5, 5.41) is 12.2. The van der Waals surface area contributed by atoms with Gasteiger partial charge in [-0.25, -0.2) is 8.42 Å². The third kappa shape index (κ3) is 4.05. The van der Waals surface area contributed by atoms with E-state index in [1.165, 1.54) is 0 Å². The van der Waals surface area contributed by atoms with Crippen molar-refractivity contribution in [2.75, 3.05) is 6.54 Å². The molecule has 1 aromatic rings. The molecule has 0 spiro atoms. The summed E-state index contributed by atoms with van der Waals surface area (Å²) in [6.45, 7) is 4.09. The van der Waals surface area contributed by atoms with Crippen molar-refractivity contribution in [1.82, 2.24) is 5.32 Å². The summed E-state index contributed by atoms with van der Waals surface area (Å²) < 4.78 is 25.7. The Morgan fingerprint density at radius 3 is 2.48 bits per heavy atom. The van der Waals surface area contributed by atoms with Crippen LogP contribution in [0.4, 0.5) is 0 Å². The van der Waals surface area contributed by atoms with E-state index in [9.17, 15) is 13.5 Å². The zero-order valence-electron chi connectivity index (χ0n) is 12.7. The van der Waals surface area contributed by atoms with Crippen LogP contribution in [0.2, 0.25) is 0 Å². The Hall–Kier alpha value is -0.910. The SMILES string of the molecule is Cc1ccc(S(=O)(=O)[C@H]2CCCC[C@H]2NC[C@H](C)O)cc1. The molecule has 0 aliphatic heterocycles. The number of aliphatic hydroxyl groups is 1. The lowest BCUT2D eigenvalue weighted by atomic mass is 9.95. The Balaban J connectivity index is 2.20. The maximum absolute atomic E-state index is 12.9. The van der Waals surface area contributed by atoms with Crippen LogP contribution in [0.5, 0.6) is 0 Å². The smallest absolute Gasteiger partial charge is 0.182 e. The fraction of sp³-hybridized carbons (Fsp3) is 0.625. The van der Waals surface area contributed by atoms with Gasteiger partial charge in [0, 0.05) is 12.6 Å².